The van der Waals surface area contributed by atoms with Crippen LogP contribution in [0.2, 0.25) is 5.02 Å². The zero-order valence-corrected chi connectivity index (χ0v) is 11.3. The Bertz CT molecular complexity index is 455. The van der Waals surface area contributed by atoms with Crippen LogP contribution in [0, 0.1) is 0 Å². The number of nitrogens with zero attached hydrogens (tertiary/aromatic N) is 1. The maximum atomic E-state index is 6.11. The first-order valence-corrected chi connectivity index (χ1v) is 6.84. The molecule has 4 heteroatoms. The van der Waals surface area contributed by atoms with Gasteiger partial charge in [0.05, 0.1) is 5.02 Å². The topological polar surface area (TPSA) is 24.9 Å². The van der Waals surface area contributed by atoms with E-state index in [1.165, 1.54) is 4.88 Å². The quantitative estimate of drug-likeness (QED) is 0.899. The van der Waals surface area contributed by atoms with Gasteiger partial charge >= 0.3 is 0 Å². The van der Waals surface area contributed by atoms with Crippen molar-refractivity contribution in [3.8, 4) is 0 Å². The Balaban J connectivity index is 2.00. The molecule has 2 rings (SSSR count). The van der Waals surface area contributed by atoms with E-state index in [4.69, 9.17) is 11.6 Å². The van der Waals surface area contributed by atoms with E-state index in [-0.39, 0.29) is 0 Å². The Morgan fingerprint density at radius 3 is 2.82 bits per heavy atom. The molecular formula is C13H15ClN2S. The monoisotopic (exact) mass is 266 g/mol. The Hall–Kier alpha value is -0.900. The van der Waals surface area contributed by atoms with Crippen LogP contribution < -0.4 is 5.32 Å². The molecule has 1 N–H and O–H groups in total. The number of aromatic nitrogens is 1. The SMILES string of the molecule is CNC(Cc1ccccn1)Cc1sccc1Cl. The van der Waals surface area contributed by atoms with Gasteiger partial charge in [-0.15, -0.1) is 11.3 Å². The molecule has 0 radical (unpaired) electrons. The molecular weight excluding hydrogens is 252 g/mol. The highest BCUT2D eigenvalue weighted by molar-refractivity contribution is 7.10. The highest BCUT2D eigenvalue weighted by Gasteiger charge is 2.12. The summed E-state index contributed by atoms with van der Waals surface area (Å²) in [6, 6.07) is 8.34. The maximum absolute atomic E-state index is 6.11. The van der Waals surface area contributed by atoms with Gasteiger partial charge < -0.3 is 5.32 Å². The van der Waals surface area contributed by atoms with Gasteiger partial charge in [0.1, 0.15) is 0 Å². The predicted octanol–water partition coefficient (Wildman–Crippen LogP) is 3.17. The maximum Gasteiger partial charge on any atom is 0.0545 e. The summed E-state index contributed by atoms with van der Waals surface area (Å²) >= 11 is 7.82. The lowest BCUT2D eigenvalue weighted by Gasteiger charge is -2.15. The summed E-state index contributed by atoms with van der Waals surface area (Å²) in [5, 5.41) is 6.23. The van der Waals surface area contributed by atoms with Crippen LogP contribution in [-0.2, 0) is 12.8 Å². The summed E-state index contributed by atoms with van der Waals surface area (Å²) in [5.41, 5.74) is 1.11. The van der Waals surface area contributed by atoms with Crippen molar-refractivity contribution in [3.63, 3.8) is 0 Å². The fraction of sp³-hybridized carbons (Fsp3) is 0.308. The van der Waals surface area contributed by atoms with Crippen LogP contribution in [0.1, 0.15) is 10.6 Å². The van der Waals surface area contributed by atoms with Gasteiger partial charge in [0, 0.05) is 29.2 Å². The Labute approximate surface area is 111 Å². The molecule has 0 fully saturated rings. The summed E-state index contributed by atoms with van der Waals surface area (Å²) in [4.78, 5) is 5.59. The van der Waals surface area contributed by atoms with Crippen LogP contribution in [0.3, 0.4) is 0 Å². The van der Waals surface area contributed by atoms with Crippen molar-refractivity contribution < 1.29 is 0 Å². The second-order valence-corrected chi connectivity index (χ2v) is 5.31. The van der Waals surface area contributed by atoms with Crippen molar-refractivity contribution in [2.75, 3.05) is 7.05 Å². The summed E-state index contributed by atoms with van der Waals surface area (Å²) in [6.45, 7) is 0. The van der Waals surface area contributed by atoms with Crippen LogP contribution >= 0.6 is 22.9 Å². The van der Waals surface area contributed by atoms with Crippen LogP contribution in [0.15, 0.2) is 35.8 Å². The van der Waals surface area contributed by atoms with Gasteiger partial charge in [-0.2, -0.15) is 0 Å². The standard InChI is InChI=1S/C13H15ClN2S/c1-15-11(8-10-4-2-3-6-16-10)9-13-12(14)5-7-17-13/h2-7,11,15H,8-9H2,1H3. The van der Waals surface area contributed by atoms with Crippen molar-refractivity contribution in [1.29, 1.82) is 0 Å². The first-order valence-electron chi connectivity index (χ1n) is 5.58. The molecule has 2 nitrogen and oxygen atoms in total. The largest absolute Gasteiger partial charge is 0.316 e. The first-order chi connectivity index (χ1) is 8.29. The number of likely N-dealkylation sites (N-methyl/N-ethyl adjacent to an activating group) is 1. The van der Waals surface area contributed by atoms with Gasteiger partial charge in [-0.25, -0.2) is 0 Å². The summed E-state index contributed by atoms with van der Waals surface area (Å²) < 4.78 is 0. The molecule has 90 valence electrons. The molecule has 0 spiro atoms. The molecule has 2 aromatic heterocycles. The number of hydrogen-bond acceptors (Lipinski definition) is 3. The summed E-state index contributed by atoms with van der Waals surface area (Å²) in [6.07, 6.45) is 3.70. The van der Waals surface area contributed by atoms with E-state index >= 15 is 0 Å². The van der Waals surface area contributed by atoms with Gasteiger partial charge in [-0.3, -0.25) is 4.98 Å². The Kier molecular flexibility index (Phi) is 4.54. The fourth-order valence-corrected chi connectivity index (χ4v) is 2.94. The van der Waals surface area contributed by atoms with Crippen molar-refractivity contribution in [2.45, 2.75) is 18.9 Å². The number of rotatable bonds is 5. The Morgan fingerprint density at radius 2 is 2.24 bits per heavy atom. The first kappa shape index (κ1) is 12.6. The third-order valence-electron chi connectivity index (χ3n) is 2.71. The second-order valence-electron chi connectivity index (χ2n) is 3.91. The number of nitrogens with one attached hydrogen (secondary N) is 1. The average molecular weight is 267 g/mol. The lowest BCUT2D eigenvalue weighted by Crippen LogP contribution is -2.30. The molecule has 17 heavy (non-hydrogen) atoms. The van der Waals surface area contributed by atoms with E-state index in [1.807, 2.05) is 36.8 Å². The van der Waals surface area contributed by atoms with Crippen molar-refractivity contribution in [2.24, 2.45) is 0 Å². The minimum Gasteiger partial charge on any atom is -0.316 e. The predicted molar refractivity (Wildman–Crippen MR) is 73.8 cm³/mol. The molecule has 0 aliphatic heterocycles. The van der Waals surface area contributed by atoms with E-state index in [1.54, 1.807) is 11.3 Å². The molecule has 2 heterocycles. The molecule has 0 saturated carbocycles. The van der Waals surface area contributed by atoms with Gasteiger partial charge in [-0.1, -0.05) is 17.7 Å². The van der Waals surface area contributed by atoms with E-state index in [9.17, 15) is 0 Å². The molecule has 2 aromatic rings. The van der Waals surface area contributed by atoms with Crippen LogP contribution in [0.5, 0.6) is 0 Å². The van der Waals surface area contributed by atoms with E-state index < -0.39 is 0 Å². The molecule has 0 bridgehead atoms. The minimum absolute atomic E-state index is 0.376. The zero-order chi connectivity index (χ0) is 12.1. The lowest BCUT2D eigenvalue weighted by molar-refractivity contribution is 0.554. The summed E-state index contributed by atoms with van der Waals surface area (Å²) in [5.74, 6) is 0. The number of hydrogen-bond donors (Lipinski definition) is 1. The zero-order valence-electron chi connectivity index (χ0n) is 9.69. The van der Waals surface area contributed by atoms with E-state index in [0.29, 0.717) is 6.04 Å². The van der Waals surface area contributed by atoms with Gasteiger partial charge in [0.15, 0.2) is 0 Å². The molecule has 1 unspecified atom stereocenters. The van der Waals surface area contributed by atoms with Gasteiger partial charge in [-0.05, 0) is 37.0 Å². The molecule has 0 aliphatic rings. The van der Waals surface area contributed by atoms with Crippen molar-refractivity contribution in [1.82, 2.24) is 10.3 Å². The van der Waals surface area contributed by atoms with Crippen LogP contribution in [-0.4, -0.2) is 18.1 Å². The fourth-order valence-electron chi connectivity index (χ4n) is 1.74. The highest BCUT2D eigenvalue weighted by Crippen LogP contribution is 2.23. The number of halogens is 1. The molecule has 1 atom stereocenters. The van der Waals surface area contributed by atoms with Gasteiger partial charge in [0.2, 0.25) is 0 Å². The molecule has 0 aliphatic carbocycles. The third-order valence-corrected chi connectivity index (χ3v) is 4.12. The van der Waals surface area contributed by atoms with E-state index in [2.05, 4.69) is 16.4 Å². The van der Waals surface area contributed by atoms with Crippen molar-refractivity contribution in [3.05, 3.63) is 51.4 Å². The minimum atomic E-state index is 0.376. The average Bonchev–Trinajstić information content (AvgIpc) is 2.75. The van der Waals surface area contributed by atoms with Gasteiger partial charge in [0.25, 0.3) is 0 Å². The van der Waals surface area contributed by atoms with E-state index in [0.717, 1.165) is 23.6 Å². The van der Waals surface area contributed by atoms with Crippen LogP contribution in [0.25, 0.3) is 0 Å². The highest BCUT2D eigenvalue weighted by atomic mass is 35.5. The molecule has 0 saturated heterocycles. The number of thiophene rings is 1. The summed E-state index contributed by atoms with van der Waals surface area (Å²) in [7, 11) is 1.98. The van der Waals surface area contributed by atoms with Crippen LogP contribution in [0.4, 0.5) is 0 Å². The molecule has 0 amide bonds. The lowest BCUT2D eigenvalue weighted by atomic mass is 10.1. The third kappa shape index (κ3) is 3.53. The molecule has 0 aromatic carbocycles. The smallest absolute Gasteiger partial charge is 0.0545 e. The Morgan fingerprint density at radius 1 is 1.35 bits per heavy atom. The second kappa shape index (κ2) is 6.15. The number of pyridine rings is 1. The van der Waals surface area contributed by atoms with Crippen molar-refractivity contribution >= 4 is 22.9 Å². The normalized spacial score (nSPS) is 12.6.